The Balaban J connectivity index is 2.75. The first kappa shape index (κ1) is 7.28. The smallest absolute Gasteiger partial charge is 0.153 e. The first-order chi connectivity index (χ1) is 5.81. The van der Waals surface area contributed by atoms with Gasteiger partial charge in [-0.15, -0.1) is 0 Å². The van der Waals surface area contributed by atoms with Gasteiger partial charge >= 0.3 is 0 Å². The molecular formula is C9H11N3. The molecule has 0 N–H and O–H groups in total. The summed E-state index contributed by atoms with van der Waals surface area (Å²) in [5.74, 6) is 0. The number of rotatable bonds is 1. The predicted octanol–water partition coefficient (Wildman–Crippen LogP) is 1.60. The predicted molar refractivity (Wildman–Crippen MR) is 47.1 cm³/mol. The molecule has 0 saturated heterocycles. The average Bonchev–Trinajstić information content (AvgIpc) is 2.46. The molecular weight excluding hydrogens is 150 g/mol. The molecule has 3 nitrogen and oxygen atoms in total. The van der Waals surface area contributed by atoms with E-state index >= 15 is 0 Å². The van der Waals surface area contributed by atoms with Crippen LogP contribution in [-0.2, 0) is 6.42 Å². The van der Waals surface area contributed by atoms with Gasteiger partial charge in [0.1, 0.15) is 0 Å². The van der Waals surface area contributed by atoms with Gasteiger partial charge in [-0.3, -0.25) is 0 Å². The standard InChI is InChI=1S/C9H11N3/c1-3-8-6-10-9-5-4-7(2)11-12(8)9/h4-6H,3H2,1-2H3. The zero-order chi connectivity index (χ0) is 8.55. The van der Waals surface area contributed by atoms with Crippen LogP contribution in [0, 0.1) is 6.92 Å². The molecule has 0 aromatic carbocycles. The van der Waals surface area contributed by atoms with Gasteiger partial charge in [0.25, 0.3) is 0 Å². The fraction of sp³-hybridized carbons (Fsp3) is 0.333. The molecule has 2 heterocycles. The van der Waals surface area contributed by atoms with Crippen molar-refractivity contribution in [3.8, 4) is 0 Å². The monoisotopic (exact) mass is 161 g/mol. The van der Waals surface area contributed by atoms with E-state index in [1.807, 2.05) is 29.8 Å². The molecule has 0 amide bonds. The first-order valence-corrected chi connectivity index (χ1v) is 4.11. The summed E-state index contributed by atoms with van der Waals surface area (Å²) < 4.78 is 1.90. The van der Waals surface area contributed by atoms with E-state index in [-0.39, 0.29) is 0 Å². The van der Waals surface area contributed by atoms with E-state index in [9.17, 15) is 0 Å². The fourth-order valence-corrected chi connectivity index (χ4v) is 1.25. The van der Waals surface area contributed by atoms with Gasteiger partial charge in [-0.2, -0.15) is 5.10 Å². The summed E-state index contributed by atoms with van der Waals surface area (Å²) in [6.45, 7) is 4.09. The number of hydrogen-bond donors (Lipinski definition) is 0. The lowest BCUT2D eigenvalue weighted by Gasteiger charge is -1.97. The lowest BCUT2D eigenvalue weighted by atomic mass is 10.4. The Morgan fingerprint density at radius 2 is 2.25 bits per heavy atom. The average molecular weight is 161 g/mol. The van der Waals surface area contributed by atoms with Crippen LogP contribution >= 0.6 is 0 Å². The minimum absolute atomic E-state index is 0.928. The van der Waals surface area contributed by atoms with Crippen LogP contribution in [0.2, 0.25) is 0 Å². The minimum atomic E-state index is 0.928. The molecule has 12 heavy (non-hydrogen) atoms. The van der Waals surface area contributed by atoms with Crippen molar-refractivity contribution in [1.82, 2.24) is 14.6 Å². The van der Waals surface area contributed by atoms with E-state index in [0.29, 0.717) is 0 Å². The molecule has 0 aliphatic heterocycles. The van der Waals surface area contributed by atoms with Crippen LogP contribution in [0.25, 0.3) is 5.65 Å². The minimum Gasteiger partial charge on any atom is -0.235 e. The molecule has 0 unspecified atom stereocenters. The van der Waals surface area contributed by atoms with E-state index in [1.165, 1.54) is 0 Å². The van der Waals surface area contributed by atoms with Crippen LogP contribution in [0.4, 0.5) is 0 Å². The maximum Gasteiger partial charge on any atom is 0.153 e. The van der Waals surface area contributed by atoms with Gasteiger partial charge in [-0.05, 0) is 25.5 Å². The first-order valence-electron chi connectivity index (χ1n) is 4.11. The van der Waals surface area contributed by atoms with Gasteiger partial charge in [0.2, 0.25) is 0 Å². The number of hydrogen-bond acceptors (Lipinski definition) is 2. The molecule has 0 aliphatic carbocycles. The molecule has 62 valence electrons. The molecule has 0 radical (unpaired) electrons. The van der Waals surface area contributed by atoms with E-state index in [2.05, 4.69) is 17.0 Å². The van der Waals surface area contributed by atoms with Crippen LogP contribution in [0.3, 0.4) is 0 Å². The Morgan fingerprint density at radius 3 is 3.00 bits per heavy atom. The fourth-order valence-electron chi connectivity index (χ4n) is 1.25. The molecule has 0 bridgehead atoms. The lowest BCUT2D eigenvalue weighted by Crippen LogP contribution is -1.97. The van der Waals surface area contributed by atoms with Crippen molar-refractivity contribution in [2.75, 3.05) is 0 Å². The van der Waals surface area contributed by atoms with Gasteiger partial charge in [-0.1, -0.05) is 6.92 Å². The van der Waals surface area contributed by atoms with Crippen LogP contribution < -0.4 is 0 Å². The summed E-state index contributed by atoms with van der Waals surface area (Å²) in [5, 5.41) is 4.36. The van der Waals surface area contributed by atoms with E-state index in [4.69, 9.17) is 0 Å². The Hall–Kier alpha value is -1.38. The molecule has 0 atom stereocenters. The summed E-state index contributed by atoms with van der Waals surface area (Å²) >= 11 is 0. The van der Waals surface area contributed by atoms with Crippen molar-refractivity contribution >= 4 is 5.65 Å². The van der Waals surface area contributed by atoms with Gasteiger partial charge in [0.05, 0.1) is 17.6 Å². The third-order valence-electron chi connectivity index (χ3n) is 1.93. The van der Waals surface area contributed by atoms with Crippen molar-refractivity contribution in [3.63, 3.8) is 0 Å². The van der Waals surface area contributed by atoms with E-state index in [0.717, 1.165) is 23.5 Å². The van der Waals surface area contributed by atoms with Crippen LogP contribution in [0.5, 0.6) is 0 Å². The molecule has 0 spiro atoms. The van der Waals surface area contributed by atoms with Gasteiger partial charge in [0.15, 0.2) is 5.65 Å². The summed E-state index contributed by atoms with van der Waals surface area (Å²) in [7, 11) is 0. The maximum absolute atomic E-state index is 4.36. The second kappa shape index (κ2) is 2.59. The van der Waals surface area contributed by atoms with Crippen molar-refractivity contribution < 1.29 is 0 Å². The highest BCUT2D eigenvalue weighted by Gasteiger charge is 2.00. The van der Waals surface area contributed by atoms with Crippen LogP contribution in [0.1, 0.15) is 18.3 Å². The van der Waals surface area contributed by atoms with E-state index < -0.39 is 0 Å². The second-order valence-corrected chi connectivity index (χ2v) is 2.85. The largest absolute Gasteiger partial charge is 0.235 e. The Bertz CT molecular complexity index is 403. The van der Waals surface area contributed by atoms with Gasteiger partial charge in [0, 0.05) is 0 Å². The molecule has 2 aromatic heterocycles. The Labute approximate surface area is 71.1 Å². The third-order valence-corrected chi connectivity index (χ3v) is 1.93. The highest BCUT2D eigenvalue weighted by atomic mass is 15.3. The SMILES string of the molecule is CCc1cnc2ccc(C)nn12. The zero-order valence-corrected chi connectivity index (χ0v) is 7.28. The van der Waals surface area contributed by atoms with Gasteiger partial charge in [-0.25, -0.2) is 9.50 Å². The van der Waals surface area contributed by atoms with Crippen molar-refractivity contribution in [1.29, 1.82) is 0 Å². The highest BCUT2D eigenvalue weighted by molar-refractivity contribution is 5.38. The summed E-state index contributed by atoms with van der Waals surface area (Å²) in [5.41, 5.74) is 3.11. The van der Waals surface area contributed by atoms with Crippen molar-refractivity contribution in [3.05, 3.63) is 29.7 Å². The summed E-state index contributed by atoms with van der Waals surface area (Å²) in [4.78, 5) is 4.23. The molecule has 2 aromatic rings. The molecule has 0 saturated carbocycles. The van der Waals surface area contributed by atoms with Crippen LogP contribution in [0.15, 0.2) is 18.3 Å². The molecule has 0 fully saturated rings. The number of imidazole rings is 1. The van der Waals surface area contributed by atoms with Crippen molar-refractivity contribution in [2.24, 2.45) is 0 Å². The molecule has 3 heteroatoms. The normalized spacial score (nSPS) is 10.8. The number of aryl methyl sites for hydroxylation is 2. The zero-order valence-electron chi connectivity index (χ0n) is 7.28. The maximum atomic E-state index is 4.36. The highest BCUT2D eigenvalue weighted by Crippen LogP contribution is 2.05. The lowest BCUT2D eigenvalue weighted by molar-refractivity contribution is 0.837. The van der Waals surface area contributed by atoms with Crippen molar-refractivity contribution in [2.45, 2.75) is 20.3 Å². The summed E-state index contributed by atoms with van der Waals surface area (Å²) in [6.07, 6.45) is 2.85. The quantitative estimate of drug-likeness (QED) is 0.636. The number of nitrogens with zero attached hydrogens (tertiary/aromatic N) is 3. The Morgan fingerprint density at radius 1 is 1.42 bits per heavy atom. The number of aromatic nitrogens is 3. The molecule has 2 rings (SSSR count). The van der Waals surface area contributed by atoms with E-state index in [1.54, 1.807) is 0 Å². The summed E-state index contributed by atoms with van der Waals surface area (Å²) in [6, 6.07) is 3.96. The number of fused-ring (bicyclic) bond motifs is 1. The third kappa shape index (κ3) is 0.978. The van der Waals surface area contributed by atoms with Crippen LogP contribution in [-0.4, -0.2) is 14.6 Å². The Kier molecular flexibility index (Phi) is 1.57. The molecule has 0 aliphatic rings. The topological polar surface area (TPSA) is 30.2 Å². The second-order valence-electron chi connectivity index (χ2n) is 2.85. The van der Waals surface area contributed by atoms with Gasteiger partial charge < -0.3 is 0 Å².